The van der Waals surface area contributed by atoms with Crippen molar-refractivity contribution in [3.8, 4) is 44.8 Å². The van der Waals surface area contributed by atoms with Gasteiger partial charge in [0, 0.05) is 49.8 Å². The lowest BCUT2D eigenvalue weighted by Crippen LogP contribution is -2.24. The molecule has 0 saturated heterocycles. The smallest absolute Gasteiger partial charge is 0.116 e. The lowest BCUT2D eigenvalue weighted by molar-refractivity contribution is 0.670. The molecular formula is C70H45N5. The second-order valence-electron chi connectivity index (χ2n) is 20.1. The van der Waals surface area contributed by atoms with Gasteiger partial charge in [0.25, 0.3) is 0 Å². The van der Waals surface area contributed by atoms with E-state index in [2.05, 4.69) is 268 Å². The van der Waals surface area contributed by atoms with Crippen LogP contribution >= 0.6 is 0 Å². The molecule has 5 heteroatoms. The van der Waals surface area contributed by atoms with Gasteiger partial charge in [-0.25, -0.2) is 9.97 Å². The van der Waals surface area contributed by atoms with E-state index in [-0.39, 0.29) is 12.0 Å². The number of anilines is 2. The van der Waals surface area contributed by atoms with E-state index in [1.807, 2.05) is 6.20 Å². The predicted molar refractivity (Wildman–Crippen MR) is 312 cm³/mol. The maximum Gasteiger partial charge on any atom is 0.116 e. The molecule has 3 aromatic heterocycles. The molecule has 4 heterocycles. The summed E-state index contributed by atoms with van der Waals surface area (Å²) >= 11 is 0. The number of rotatable bonds is 6. The zero-order valence-corrected chi connectivity index (χ0v) is 40.7. The van der Waals surface area contributed by atoms with Gasteiger partial charge in [-0.15, -0.1) is 0 Å². The van der Waals surface area contributed by atoms with Gasteiger partial charge in [0.1, 0.15) is 6.33 Å². The molecule has 0 spiro atoms. The SMILES string of the molecule is C1=CC2c3c(c4ccccc4c4c3c3ccccc3n4-c3ccccc3-c3ccc4ccccc4c3)N(c3cc(-c4ccccc4)cc(-c4ccc5c(c4)c4ncncc4n5-c4ccccc4)c3)C2c2ccccc21. The monoisotopic (exact) mass is 955 g/mol. The summed E-state index contributed by atoms with van der Waals surface area (Å²) in [5.41, 5.74) is 21.0. The van der Waals surface area contributed by atoms with Crippen LogP contribution in [0.3, 0.4) is 0 Å². The lowest BCUT2D eigenvalue weighted by Gasteiger charge is -2.34. The van der Waals surface area contributed by atoms with Crippen molar-refractivity contribution in [3.05, 3.63) is 272 Å². The number of hydrogen-bond acceptors (Lipinski definition) is 3. The molecule has 0 radical (unpaired) electrons. The minimum absolute atomic E-state index is 0.0240. The maximum absolute atomic E-state index is 4.91. The molecule has 16 rings (SSSR count). The first-order valence-electron chi connectivity index (χ1n) is 25.9. The molecule has 0 saturated carbocycles. The number of fused-ring (bicyclic) bond motifs is 16. The molecule has 0 amide bonds. The van der Waals surface area contributed by atoms with Crippen molar-refractivity contribution >= 4 is 82.7 Å². The van der Waals surface area contributed by atoms with E-state index in [0.29, 0.717) is 0 Å². The number of nitrogens with zero attached hydrogens (tertiary/aromatic N) is 5. The Balaban J connectivity index is 0.982. The standard InChI is InChI=1S/C70H45N5/c1-3-17-44(18-4-1)50-38-51(48-34-36-63-60(41-48)67-64(42-71-43-72-67)73(63)52-22-5-2-6-23-52)40-53(39-50)74-68-55-25-10-9-20-46(55)33-35-59(68)66-65-58-28-14-16-30-62(58)75(70(65)57-27-12-11-26-56(57)69(66)74)61-29-15-13-24-54(61)49-32-31-45-19-7-8-21-47(45)37-49/h1-43,59,68H. The third-order valence-electron chi connectivity index (χ3n) is 16.1. The Bertz CT molecular complexity index is 4680. The van der Waals surface area contributed by atoms with Crippen LogP contribution in [0.4, 0.5) is 11.4 Å². The minimum atomic E-state index is -0.0240. The Labute approximate surface area is 433 Å². The Morgan fingerprint density at radius 3 is 2.00 bits per heavy atom. The van der Waals surface area contributed by atoms with Crippen LogP contribution in [0.25, 0.3) is 116 Å². The summed E-state index contributed by atoms with van der Waals surface area (Å²) in [6.07, 6.45) is 8.46. The van der Waals surface area contributed by atoms with E-state index < -0.39 is 0 Å². The number of para-hydroxylation sites is 3. The molecule has 75 heavy (non-hydrogen) atoms. The summed E-state index contributed by atoms with van der Waals surface area (Å²) in [7, 11) is 0. The fourth-order valence-electron chi connectivity index (χ4n) is 12.9. The predicted octanol–water partition coefficient (Wildman–Crippen LogP) is 18.0. The molecular weight excluding hydrogens is 911 g/mol. The topological polar surface area (TPSA) is 38.9 Å². The molecule has 350 valence electrons. The van der Waals surface area contributed by atoms with Gasteiger partial charge in [-0.1, -0.05) is 188 Å². The van der Waals surface area contributed by atoms with Crippen LogP contribution in [0.1, 0.15) is 28.7 Å². The third kappa shape index (κ3) is 6.25. The molecule has 0 N–H and O–H groups in total. The zero-order chi connectivity index (χ0) is 49.1. The Morgan fingerprint density at radius 2 is 1.12 bits per heavy atom. The third-order valence-corrected chi connectivity index (χ3v) is 16.1. The average molecular weight is 956 g/mol. The summed E-state index contributed by atoms with van der Waals surface area (Å²) in [5.74, 6) is 0.0426. The summed E-state index contributed by atoms with van der Waals surface area (Å²) in [5, 5.41) is 8.56. The summed E-state index contributed by atoms with van der Waals surface area (Å²) in [6.45, 7) is 0. The van der Waals surface area contributed by atoms with Crippen molar-refractivity contribution in [1.29, 1.82) is 0 Å². The van der Waals surface area contributed by atoms with E-state index >= 15 is 0 Å². The quantitative estimate of drug-likeness (QED) is 0.167. The van der Waals surface area contributed by atoms with E-state index in [1.165, 1.54) is 82.4 Å². The van der Waals surface area contributed by atoms with Crippen LogP contribution in [0.2, 0.25) is 0 Å². The normalized spacial score (nSPS) is 14.9. The average Bonchev–Trinajstić information content (AvgIpc) is 4.29. The fourth-order valence-corrected chi connectivity index (χ4v) is 12.9. The first kappa shape index (κ1) is 41.7. The molecule has 1 aliphatic heterocycles. The van der Waals surface area contributed by atoms with Crippen molar-refractivity contribution in [1.82, 2.24) is 19.1 Å². The van der Waals surface area contributed by atoms with Gasteiger partial charge < -0.3 is 14.0 Å². The highest BCUT2D eigenvalue weighted by atomic mass is 15.2. The summed E-state index contributed by atoms with van der Waals surface area (Å²) in [4.78, 5) is 12.1. The second kappa shape index (κ2) is 16.3. The molecule has 2 aliphatic rings. The van der Waals surface area contributed by atoms with Crippen LogP contribution in [-0.2, 0) is 0 Å². The Hall–Kier alpha value is -9.84. The van der Waals surface area contributed by atoms with Gasteiger partial charge in [0.2, 0.25) is 0 Å². The van der Waals surface area contributed by atoms with Crippen molar-refractivity contribution in [2.45, 2.75) is 12.0 Å². The maximum atomic E-state index is 4.91. The number of benzene rings is 11. The van der Waals surface area contributed by atoms with Gasteiger partial charge in [0.05, 0.1) is 51.2 Å². The molecule has 2 unspecified atom stereocenters. The minimum Gasteiger partial charge on any atom is -0.332 e. The molecule has 14 aromatic rings. The summed E-state index contributed by atoms with van der Waals surface area (Å²) < 4.78 is 4.85. The van der Waals surface area contributed by atoms with Gasteiger partial charge >= 0.3 is 0 Å². The Morgan fingerprint density at radius 1 is 0.427 bits per heavy atom. The molecule has 0 fully saturated rings. The summed E-state index contributed by atoms with van der Waals surface area (Å²) in [6, 6.07) is 87.3. The van der Waals surface area contributed by atoms with Gasteiger partial charge in [-0.3, -0.25) is 0 Å². The van der Waals surface area contributed by atoms with E-state index in [9.17, 15) is 0 Å². The zero-order valence-electron chi connectivity index (χ0n) is 40.7. The fraction of sp³-hybridized carbons (Fsp3) is 0.0286. The van der Waals surface area contributed by atoms with Gasteiger partial charge in [0.15, 0.2) is 0 Å². The van der Waals surface area contributed by atoms with Crippen LogP contribution in [-0.4, -0.2) is 19.1 Å². The van der Waals surface area contributed by atoms with Crippen molar-refractivity contribution in [2.24, 2.45) is 0 Å². The highest BCUT2D eigenvalue weighted by molar-refractivity contribution is 6.25. The van der Waals surface area contributed by atoms with E-state index in [0.717, 1.165) is 55.7 Å². The van der Waals surface area contributed by atoms with Crippen LogP contribution in [0.15, 0.2) is 255 Å². The molecule has 5 nitrogen and oxygen atoms in total. The lowest BCUT2D eigenvalue weighted by atomic mass is 9.81. The first-order chi connectivity index (χ1) is 37.2. The van der Waals surface area contributed by atoms with E-state index in [4.69, 9.17) is 4.98 Å². The van der Waals surface area contributed by atoms with Crippen molar-refractivity contribution < 1.29 is 0 Å². The van der Waals surface area contributed by atoms with Gasteiger partial charge in [-0.05, 0) is 116 Å². The van der Waals surface area contributed by atoms with E-state index in [1.54, 1.807) is 6.33 Å². The van der Waals surface area contributed by atoms with Crippen LogP contribution in [0.5, 0.6) is 0 Å². The number of hydrogen-bond donors (Lipinski definition) is 0. The molecule has 11 aromatic carbocycles. The highest BCUT2D eigenvalue weighted by Gasteiger charge is 2.45. The van der Waals surface area contributed by atoms with Crippen LogP contribution in [0, 0.1) is 0 Å². The highest BCUT2D eigenvalue weighted by Crippen LogP contribution is 2.62. The molecule has 0 bridgehead atoms. The number of aromatic nitrogens is 4. The largest absolute Gasteiger partial charge is 0.332 e. The van der Waals surface area contributed by atoms with Crippen molar-refractivity contribution in [3.63, 3.8) is 0 Å². The molecule has 2 atom stereocenters. The van der Waals surface area contributed by atoms with Crippen molar-refractivity contribution in [2.75, 3.05) is 4.90 Å². The molecule has 1 aliphatic carbocycles. The second-order valence-corrected chi connectivity index (χ2v) is 20.1. The Kier molecular flexibility index (Phi) is 9.09. The van der Waals surface area contributed by atoms with Gasteiger partial charge in [-0.2, -0.15) is 0 Å². The van der Waals surface area contributed by atoms with Crippen LogP contribution < -0.4 is 4.90 Å². The first-order valence-corrected chi connectivity index (χ1v) is 25.9.